The summed E-state index contributed by atoms with van der Waals surface area (Å²) in [4.78, 5) is 1.98. The molecule has 0 fully saturated rings. The first-order valence-corrected chi connectivity index (χ1v) is 7.22. The Balaban J connectivity index is 1.69. The molecule has 2 aromatic heterocycles. The van der Waals surface area contributed by atoms with Crippen molar-refractivity contribution < 1.29 is 5.11 Å². The zero-order chi connectivity index (χ0) is 14.7. The Hall–Kier alpha value is -3.14. The maximum Gasteiger partial charge on any atom is 0.143 e. The smallest absolute Gasteiger partial charge is 0.143 e. The number of aromatic nitrogens is 3. The van der Waals surface area contributed by atoms with Crippen LogP contribution in [0.5, 0.6) is 5.75 Å². The highest BCUT2D eigenvalue weighted by Gasteiger charge is 2.25. The van der Waals surface area contributed by atoms with E-state index >= 15 is 0 Å². The van der Waals surface area contributed by atoms with Crippen molar-refractivity contribution in [2.75, 3.05) is 0 Å². The summed E-state index contributed by atoms with van der Waals surface area (Å²) in [5.41, 5.74) is 5.34. The number of fused-ring (bicyclic) bond motifs is 4. The topological polar surface area (TPSA) is 34.0 Å². The maximum absolute atomic E-state index is 10.2. The molecule has 0 unspecified atom stereocenters. The van der Waals surface area contributed by atoms with Gasteiger partial charge in [-0.15, -0.1) is 14.1 Å². The van der Waals surface area contributed by atoms with E-state index in [2.05, 4.69) is 24.3 Å². The molecule has 0 atom stereocenters. The van der Waals surface area contributed by atoms with E-state index in [0.717, 1.165) is 27.8 Å². The number of phenolic OH excluding ortho intramolecular Hbond substituents is 1. The second kappa shape index (κ2) is 3.95. The average Bonchev–Trinajstić information content (AvgIpc) is 3.22. The van der Waals surface area contributed by atoms with E-state index in [1.165, 1.54) is 0 Å². The molecule has 0 spiro atoms. The minimum atomic E-state index is 0.278. The van der Waals surface area contributed by atoms with E-state index < -0.39 is 0 Å². The van der Waals surface area contributed by atoms with E-state index in [1.54, 1.807) is 6.07 Å². The van der Waals surface area contributed by atoms with Crippen molar-refractivity contribution in [3.63, 3.8) is 0 Å². The van der Waals surface area contributed by atoms with Crippen LogP contribution in [0.3, 0.4) is 0 Å². The number of hydrogen-bond donors (Lipinski definition) is 1. The molecular weight excluding hydrogens is 274 g/mol. The number of aromatic hydroxyl groups is 1. The van der Waals surface area contributed by atoms with Crippen LogP contribution in [-0.2, 0) is 0 Å². The van der Waals surface area contributed by atoms with Gasteiger partial charge >= 0.3 is 0 Å². The standard InChI is InChI=1S/C18H13N3O/c22-18-11-10-14(13-6-2-1-3-7-13)12-17(18)21-19-15-8-4-5-9-16(15)20(19)21/h1-12,22H. The maximum atomic E-state index is 10.2. The number of nitrogens with zero attached hydrogens (tertiary/aromatic N) is 3. The molecule has 4 nitrogen and oxygen atoms in total. The van der Waals surface area contributed by atoms with E-state index in [1.807, 2.05) is 56.5 Å². The Morgan fingerprint density at radius 2 is 1.27 bits per heavy atom. The Labute approximate surface area is 126 Å². The Bertz CT molecular complexity index is 1040. The molecule has 0 amide bonds. The molecule has 0 radical (unpaired) electrons. The van der Waals surface area contributed by atoms with Crippen LogP contribution in [0.1, 0.15) is 0 Å². The fraction of sp³-hybridized carbons (Fsp3) is 0. The minimum Gasteiger partial charge on any atom is -0.506 e. The predicted molar refractivity (Wildman–Crippen MR) is 86.0 cm³/mol. The molecule has 0 saturated carbocycles. The molecule has 0 saturated heterocycles. The fourth-order valence-electron chi connectivity index (χ4n) is 2.99. The van der Waals surface area contributed by atoms with Gasteiger partial charge in [0.15, 0.2) is 0 Å². The number of hydrogen-bond acceptors (Lipinski definition) is 1. The van der Waals surface area contributed by atoms with Gasteiger partial charge in [0.25, 0.3) is 0 Å². The van der Waals surface area contributed by atoms with Gasteiger partial charge < -0.3 is 5.11 Å². The van der Waals surface area contributed by atoms with Crippen molar-refractivity contribution in [3.05, 3.63) is 72.8 Å². The summed E-state index contributed by atoms with van der Waals surface area (Å²) in [5.74, 6) is 0.278. The number of benzene rings is 3. The van der Waals surface area contributed by atoms with Crippen LogP contribution < -0.4 is 0 Å². The fourth-order valence-corrected chi connectivity index (χ4v) is 2.99. The molecule has 0 aliphatic rings. The number of para-hydroxylation sites is 2. The van der Waals surface area contributed by atoms with Gasteiger partial charge in [-0.25, -0.2) is 0 Å². The first kappa shape index (κ1) is 11.5. The normalized spacial score (nSPS) is 11.8. The van der Waals surface area contributed by atoms with Gasteiger partial charge in [0, 0.05) is 0 Å². The van der Waals surface area contributed by atoms with Gasteiger partial charge in [0.1, 0.15) is 22.5 Å². The van der Waals surface area contributed by atoms with E-state index in [9.17, 15) is 5.11 Å². The number of rotatable bonds is 2. The summed E-state index contributed by atoms with van der Waals surface area (Å²) < 4.78 is 4.08. The quantitative estimate of drug-likeness (QED) is 0.526. The average molecular weight is 287 g/mol. The van der Waals surface area contributed by atoms with E-state index in [4.69, 9.17) is 0 Å². The molecule has 1 N–H and O–H groups in total. The summed E-state index contributed by atoms with van der Waals surface area (Å²) in [6.07, 6.45) is 0. The van der Waals surface area contributed by atoms with Crippen molar-refractivity contribution >= 4 is 11.0 Å². The third-order valence-corrected chi connectivity index (χ3v) is 4.12. The van der Waals surface area contributed by atoms with Crippen molar-refractivity contribution in [3.8, 4) is 22.6 Å². The lowest BCUT2D eigenvalue weighted by Crippen LogP contribution is -1.88. The molecule has 0 aliphatic carbocycles. The van der Waals surface area contributed by atoms with Crippen LogP contribution >= 0.6 is 0 Å². The van der Waals surface area contributed by atoms with Gasteiger partial charge in [0.05, 0.1) is 0 Å². The molecule has 0 bridgehead atoms. The lowest BCUT2D eigenvalue weighted by atomic mass is 10.1. The van der Waals surface area contributed by atoms with Crippen LogP contribution in [0.4, 0.5) is 0 Å². The van der Waals surface area contributed by atoms with Crippen LogP contribution in [0.15, 0.2) is 72.8 Å². The van der Waals surface area contributed by atoms with Crippen molar-refractivity contribution in [1.29, 1.82) is 0 Å². The molecule has 22 heavy (non-hydrogen) atoms. The van der Waals surface area contributed by atoms with Crippen molar-refractivity contribution in [1.82, 2.24) is 14.1 Å². The van der Waals surface area contributed by atoms with Gasteiger partial charge in [-0.2, -0.15) is 0 Å². The highest BCUT2D eigenvalue weighted by molar-refractivity contribution is 5.80. The van der Waals surface area contributed by atoms with Gasteiger partial charge in [-0.1, -0.05) is 48.5 Å². The lowest BCUT2D eigenvalue weighted by Gasteiger charge is -2.04. The third-order valence-electron chi connectivity index (χ3n) is 4.12. The Morgan fingerprint density at radius 1 is 0.636 bits per heavy atom. The molecule has 0 aliphatic heterocycles. The Kier molecular flexibility index (Phi) is 2.07. The van der Waals surface area contributed by atoms with Gasteiger partial charge in [-0.05, 0) is 35.4 Å². The molecule has 4 heteroatoms. The summed E-state index contributed by atoms with van der Waals surface area (Å²) >= 11 is 0. The van der Waals surface area contributed by atoms with Crippen molar-refractivity contribution in [2.24, 2.45) is 0 Å². The predicted octanol–water partition coefficient (Wildman–Crippen LogP) is 3.79. The molecular formula is C18H13N3O. The molecule has 3 aromatic carbocycles. The van der Waals surface area contributed by atoms with Gasteiger partial charge in [-0.3, -0.25) is 0 Å². The van der Waals surface area contributed by atoms with Crippen LogP contribution in [0.25, 0.3) is 27.8 Å². The largest absolute Gasteiger partial charge is 0.506 e. The van der Waals surface area contributed by atoms with Gasteiger partial charge in [0.2, 0.25) is 0 Å². The van der Waals surface area contributed by atoms with E-state index in [0.29, 0.717) is 0 Å². The zero-order valence-electron chi connectivity index (χ0n) is 11.7. The second-order valence-corrected chi connectivity index (χ2v) is 5.43. The summed E-state index contributed by atoms with van der Waals surface area (Å²) in [6.45, 7) is 0. The van der Waals surface area contributed by atoms with Crippen LogP contribution in [0, 0.1) is 0 Å². The molecule has 2 heterocycles. The number of phenols is 1. The van der Waals surface area contributed by atoms with Crippen LogP contribution in [0.2, 0.25) is 0 Å². The summed E-state index contributed by atoms with van der Waals surface area (Å²) in [7, 11) is 0. The zero-order valence-corrected chi connectivity index (χ0v) is 11.7. The molecule has 5 aromatic rings. The third kappa shape index (κ3) is 1.41. The first-order valence-electron chi connectivity index (χ1n) is 7.22. The lowest BCUT2D eigenvalue weighted by molar-refractivity contribution is 0.472. The highest BCUT2D eigenvalue weighted by Crippen LogP contribution is 2.33. The summed E-state index contributed by atoms with van der Waals surface area (Å²) in [6, 6.07) is 24.1. The highest BCUT2D eigenvalue weighted by atomic mass is 16.3. The monoisotopic (exact) mass is 287 g/mol. The summed E-state index contributed by atoms with van der Waals surface area (Å²) in [5, 5.41) is 10.2. The molecule has 5 rings (SSSR count). The van der Waals surface area contributed by atoms with Crippen LogP contribution in [-0.4, -0.2) is 19.2 Å². The first-order chi connectivity index (χ1) is 10.8. The molecule has 106 valence electrons. The minimum absolute atomic E-state index is 0.278. The Morgan fingerprint density at radius 3 is 1.95 bits per heavy atom. The SMILES string of the molecule is Oc1ccc(-c2ccccc2)cc1-n1n2c3ccccc3n12. The van der Waals surface area contributed by atoms with Crippen molar-refractivity contribution in [2.45, 2.75) is 0 Å². The second-order valence-electron chi connectivity index (χ2n) is 5.43. The van der Waals surface area contributed by atoms with E-state index in [-0.39, 0.29) is 5.75 Å².